The highest BCUT2D eigenvalue weighted by atomic mass is 32.2. The average molecular weight is 439 g/mol. The maximum atomic E-state index is 13.2. The lowest BCUT2D eigenvalue weighted by Crippen LogP contribution is -2.46. The van der Waals surface area contributed by atoms with Gasteiger partial charge in [0.25, 0.3) is 0 Å². The summed E-state index contributed by atoms with van der Waals surface area (Å²) in [6, 6.07) is 8.73. The quantitative estimate of drug-likeness (QED) is 0.705. The third-order valence-corrected chi connectivity index (χ3v) is 7.98. The number of thiophene rings is 1. The molecule has 0 bridgehead atoms. The first-order chi connectivity index (χ1) is 13.8. The van der Waals surface area contributed by atoms with Crippen LogP contribution in [0, 0.1) is 17.7 Å². The number of hydrogen-bond donors (Lipinski definition) is 1. The fourth-order valence-electron chi connectivity index (χ4n) is 3.63. The molecule has 158 valence electrons. The van der Waals surface area contributed by atoms with Gasteiger partial charge in [-0.15, -0.1) is 11.3 Å². The Balaban J connectivity index is 1.70. The lowest BCUT2D eigenvalue weighted by molar-refractivity contribution is -0.126. The molecule has 5 nitrogen and oxygen atoms in total. The number of hydrogen-bond acceptors (Lipinski definition) is 4. The third-order valence-electron chi connectivity index (χ3n) is 5.12. The Hall–Kier alpha value is -1.77. The molecule has 2 atom stereocenters. The van der Waals surface area contributed by atoms with Gasteiger partial charge in [-0.3, -0.25) is 4.79 Å². The fourth-order valence-corrected chi connectivity index (χ4v) is 5.94. The summed E-state index contributed by atoms with van der Waals surface area (Å²) in [6.45, 7) is 4.74. The number of amides is 1. The Kier molecular flexibility index (Phi) is 7.08. The van der Waals surface area contributed by atoms with Gasteiger partial charge in [0.05, 0.1) is 16.9 Å². The van der Waals surface area contributed by atoms with Gasteiger partial charge < -0.3 is 5.32 Å². The van der Waals surface area contributed by atoms with E-state index in [1.165, 1.54) is 16.4 Å². The molecule has 0 saturated carbocycles. The number of nitrogens with zero attached hydrogens (tertiary/aromatic N) is 1. The van der Waals surface area contributed by atoms with E-state index in [4.69, 9.17) is 0 Å². The standard InChI is InChI=1S/C21H27FN2O3S2/c1-15(2)13-19(20-6-4-12-28-20)23-21(25)16-5-3-11-24(14-16)29(26,27)18-9-7-17(22)8-10-18/h4,6-10,12,15-16,19H,3,5,11,13-14H2,1-2H3,(H,23,25)/t16-,19-/m0/s1. The number of carbonyl (C=O) groups is 1. The molecule has 1 aromatic heterocycles. The van der Waals surface area contributed by atoms with Gasteiger partial charge in [-0.25, -0.2) is 12.8 Å². The molecule has 1 aliphatic rings. The van der Waals surface area contributed by atoms with Crippen molar-refractivity contribution >= 4 is 27.3 Å². The Morgan fingerprint density at radius 2 is 2.00 bits per heavy atom. The van der Waals surface area contributed by atoms with Crippen molar-refractivity contribution in [2.75, 3.05) is 13.1 Å². The normalized spacial score (nSPS) is 19.2. The van der Waals surface area contributed by atoms with Crippen LogP contribution in [0.1, 0.15) is 44.0 Å². The number of piperidine rings is 1. The molecule has 2 heterocycles. The monoisotopic (exact) mass is 438 g/mol. The van der Waals surface area contributed by atoms with Gasteiger partial charge in [0, 0.05) is 18.0 Å². The number of nitrogens with one attached hydrogen (secondary N) is 1. The SMILES string of the molecule is CC(C)C[C@H](NC(=O)[C@H]1CCCN(S(=O)(=O)c2ccc(F)cc2)C1)c1cccs1. The number of carbonyl (C=O) groups excluding carboxylic acids is 1. The zero-order valence-corrected chi connectivity index (χ0v) is 18.3. The van der Waals surface area contributed by atoms with Crippen molar-refractivity contribution in [3.05, 3.63) is 52.5 Å². The van der Waals surface area contributed by atoms with Gasteiger partial charge >= 0.3 is 0 Å². The van der Waals surface area contributed by atoms with Crippen LogP contribution in [0.2, 0.25) is 0 Å². The molecular formula is C21H27FN2O3S2. The van der Waals surface area contributed by atoms with Crippen LogP contribution < -0.4 is 5.32 Å². The van der Waals surface area contributed by atoms with Crippen molar-refractivity contribution < 1.29 is 17.6 Å². The first kappa shape index (κ1) is 21.9. The van der Waals surface area contributed by atoms with Crippen molar-refractivity contribution in [3.63, 3.8) is 0 Å². The van der Waals surface area contributed by atoms with E-state index in [2.05, 4.69) is 19.2 Å². The van der Waals surface area contributed by atoms with Crippen molar-refractivity contribution in [1.29, 1.82) is 0 Å². The summed E-state index contributed by atoms with van der Waals surface area (Å²) in [5.74, 6) is -0.564. The molecule has 1 N–H and O–H groups in total. The van der Waals surface area contributed by atoms with Crippen LogP contribution in [-0.4, -0.2) is 31.7 Å². The van der Waals surface area contributed by atoms with Crippen LogP contribution in [0.5, 0.6) is 0 Å². The molecular weight excluding hydrogens is 411 g/mol. The number of benzene rings is 1. The largest absolute Gasteiger partial charge is 0.348 e. The molecule has 1 aliphatic heterocycles. The van der Waals surface area contributed by atoms with Crippen LogP contribution >= 0.6 is 11.3 Å². The van der Waals surface area contributed by atoms with Gasteiger partial charge in [0.1, 0.15) is 5.82 Å². The summed E-state index contributed by atoms with van der Waals surface area (Å²) in [6.07, 6.45) is 2.10. The van der Waals surface area contributed by atoms with Gasteiger partial charge in [-0.2, -0.15) is 4.31 Å². The Morgan fingerprint density at radius 1 is 1.28 bits per heavy atom. The minimum Gasteiger partial charge on any atom is -0.348 e. The van der Waals surface area contributed by atoms with Crippen molar-refractivity contribution in [1.82, 2.24) is 9.62 Å². The summed E-state index contributed by atoms with van der Waals surface area (Å²) in [7, 11) is -3.75. The van der Waals surface area contributed by atoms with E-state index in [1.54, 1.807) is 11.3 Å². The Bertz CT molecular complexity index is 912. The van der Waals surface area contributed by atoms with Crippen LogP contribution in [0.3, 0.4) is 0 Å². The molecule has 1 amide bonds. The Labute approximate surface area is 176 Å². The molecule has 3 rings (SSSR count). The highest BCUT2D eigenvalue weighted by Gasteiger charge is 2.34. The molecule has 2 aromatic rings. The van der Waals surface area contributed by atoms with E-state index in [9.17, 15) is 17.6 Å². The van der Waals surface area contributed by atoms with Gasteiger partial charge in [-0.05, 0) is 60.9 Å². The van der Waals surface area contributed by atoms with Crippen molar-refractivity contribution in [2.45, 2.75) is 44.0 Å². The van der Waals surface area contributed by atoms with E-state index < -0.39 is 21.8 Å². The van der Waals surface area contributed by atoms with E-state index in [0.29, 0.717) is 25.3 Å². The molecule has 1 aromatic carbocycles. The highest BCUT2D eigenvalue weighted by molar-refractivity contribution is 7.89. The van der Waals surface area contributed by atoms with E-state index in [-0.39, 0.29) is 23.4 Å². The average Bonchev–Trinajstić information content (AvgIpc) is 3.22. The van der Waals surface area contributed by atoms with Gasteiger partial charge in [0.2, 0.25) is 15.9 Å². The predicted molar refractivity (Wildman–Crippen MR) is 113 cm³/mol. The lowest BCUT2D eigenvalue weighted by atomic mass is 9.97. The minimum absolute atomic E-state index is 0.0521. The third kappa shape index (κ3) is 5.43. The zero-order valence-electron chi connectivity index (χ0n) is 16.7. The molecule has 0 radical (unpaired) electrons. The van der Waals surface area contributed by atoms with E-state index in [0.717, 1.165) is 23.4 Å². The smallest absolute Gasteiger partial charge is 0.243 e. The summed E-state index contributed by atoms with van der Waals surface area (Å²) in [4.78, 5) is 14.1. The topological polar surface area (TPSA) is 66.5 Å². The first-order valence-electron chi connectivity index (χ1n) is 9.87. The van der Waals surface area contributed by atoms with Crippen LogP contribution in [-0.2, 0) is 14.8 Å². The van der Waals surface area contributed by atoms with Crippen molar-refractivity contribution in [2.24, 2.45) is 11.8 Å². The number of halogens is 1. The van der Waals surface area contributed by atoms with Gasteiger partial charge in [0.15, 0.2) is 0 Å². The fraction of sp³-hybridized carbons (Fsp3) is 0.476. The number of sulfonamides is 1. The minimum atomic E-state index is -3.75. The summed E-state index contributed by atoms with van der Waals surface area (Å²) < 4.78 is 40.3. The molecule has 0 spiro atoms. The van der Waals surface area contributed by atoms with Crippen molar-refractivity contribution in [3.8, 4) is 0 Å². The molecule has 0 unspecified atom stereocenters. The molecule has 1 saturated heterocycles. The molecule has 0 aliphatic carbocycles. The molecule has 8 heteroatoms. The zero-order chi connectivity index (χ0) is 21.0. The first-order valence-corrected chi connectivity index (χ1v) is 12.2. The molecule has 1 fully saturated rings. The predicted octanol–water partition coefficient (Wildman–Crippen LogP) is 4.19. The second-order valence-electron chi connectivity index (χ2n) is 7.86. The lowest BCUT2D eigenvalue weighted by Gasteiger charge is -2.32. The van der Waals surface area contributed by atoms with Crippen LogP contribution in [0.4, 0.5) is 4.39 Å². The van der Waals surface area contributed by atoms with E-state index in [1.807, 2.05) is 17.5 Å². The second-order valence-corrected chi connectivity index (χ2v) is 10.8. The second kappa shape index (κ2) is 9.36. The van der Waals surface area contributed by atoms with E-state index >= 15 is 0 Å². The summed E-state index contributed by atoms with van der Waals surface area (Å²) in [5, 5.41) is 5.13. The Morgan fingerprint density at radius 3 is 2.62 bits per heavy atom. The van der Waals surface area contributed by atoms with Gasteiger partial charge in [-0.1, -0.05) is 19.9 Å². The highest BCUT2D eigenvalue weighted by Crippen LogP contribution is 2.28. The van der Waals surface area contributed by atoms with Crippen LogP contribution in [0.15, 0.2) is 46.7 Å². The van der Waals surface area contributed by atoms with Crippen LogP contribution in [0.25, 0.3) is 0 Å². The maximum Gasteiger partial charge on any atom is 0.243 e. The summed E-state index contributed by atoms with van der Waals surface area (Å²) >= 11 is 1.61. The number of rotatable bonds is 7. The maximum absolute atomic E-state index is 13.2. The summed E-state index contributed by atoms with van der Waals surface area (Å²) in [5.41, 5.74) is 0. The molecule has 29 heavy (non-hydrogen) atoms.